The number of hydrogen-bond donors (Lipinski definition) is 5. The normalized spacial score (nSPS) is 12.3. The molecule has 0 bridgehead atoms. The van der Waals surface area contributed by atoms with Crippen LogP contribution in [0.1, 0.15) is 5.56 Å². The van der Waals surface area contributed by atoms with Crippen LogP contribution in [0, 0.1) is 0 Å². The fourth-order valence-electron chi connectivity index (χ4n) is 1.56. The third-order valence-electron chi connectivity index (χ3n) is 2.39. The summed E-state index contributed by atoms with van der Waals surface area (Å²) in [5, 5.41) is 12.4. The van der Waals surface area contributed by atoms with Gasteiger partial charge in [-0.2, -0.15) is 0 Å². The number of phosphoric ester groups is 1. The van der Waals surface area contributed by atoms with Crippen LogP contribution in [-0.2, 0) is 15.6 Å². The van der Waals surface area contributed by atoms with Crippen LogP contribution in [0.25, 0.3) is 11.0 Å². The molecule has 0 spiro atoms. The highest BCUT2D eigenvalue weighted by Crippen LogP contribution is 2.35. The largest absolute Gasteiger partial charge is 0.492 e. The number of aromatic amines is 1. The summed E-state index contributed by atoms with van der Waals surface area (Å²) < 4.78 is 14.6. The SMILES string of the molecule is O=P(O)(O)OCC=CNCc1c[nH]c2c(O)ncnc12. The van der Waals surface area contributed by atoms with E-state index in [0.29, 0.717) is 17.6 Å². The summed E-state index contributed by atoms with van der Waals surface area (Å²) in [5.41, 5.74) is 1.88. The second kappa shape index (κ2) is 6.02. The molecule has 0 unspecified atom stereocenters. The fourth-order valence-corrected chi connectivity index (χ4v) is 1.84. The Morgan fingerprint density at radius 3 is 3.00 bits per heavy atom. The topological polar surface area (TPSA) is 141 Å². The lowest BCUT2D eigenvalue weighted by Gasteiger charge is -2.01. The maximum Gasteiger partial charge on any atom is 0.469 e. The van der Waals surface area contributed by atoms with E-state index in [1.165, 1.54) is 18.6 Å². The maximum absolute atomic E-state index is 10.4. The van der Waals surface area contributed by atoms with Gasteiger partial charge in [0, 0.05) is 18.3 Å². The Kier molecular flexibility index (Phi) is 4.35. The van der Waals surface area contributed by atoms with Crippen LogP contribution in [0.3, 0.4) is 0 Å². The average Bonchev–Trinajstić information content (AvgIpc) is 2.77. The molecular weight excluding hydrogens is 287 g/mol. The Morgan fingerprint density at radius 1 is 1.45 bits per heavy atom. The third-order valence-corrected chi connectivity index (χ3v) is 2.87. The molecule has 2 aromatic heterocycles. The Morgan fingerprint density at radius 2 is 2.25 bits per heavy atom. The average molecular weight is 300 g/mol. The van der Waals surface area contributed by atoms with Gasteiger partial charge in [-0.25, -0.2) is 14.5 Å². The van der Waals surface area contributed by atoms with Crippen molar-refractivity contribution < 1.29 is 24.0 Å². The van der Waals surface area contributed by atoms with Gasteiger partial charge in [0.25, 0.3) is 0 Å². The second-order valence-corrected chi connectivity index (χ2v) is 5.04. The molecule has 2 heterocycles. The van der Waals surface area contributed by atoms with Crippen LogP contribution in [0.5, 0.6) is 5.88 Å². The molecule has 2 rings (SSSR count). The van der Waals surface area contributed by atoms with Crippen molar-refractivity contribution >= 4 is 18.9 Å². The van der Waals surface area contributed by atoms with Gasteiger partial charge in [0.15, 0.2) is 0 Å². The van der Waals surface area contributed by atoms with E-state index in [-0.39, 0.29) is 12.5 Å². The molecule has 5 N–H and O–H groups in total. The highest BCUT2D eigenvalue weighted by molar-refractivity contribution is 7.46. The lowest BCUT2D eigenvalue weighted by atomic mass is 10.3. The summed E-state index contributed by atoms with van der Waals surface area (Å²) in [5.74, 6) is -0.119. The van der Waals surface area contributed by atoms with Crippen LogP contribution in [-0.4, -0.2) is 36.5 Å². The summed E-state index contributed by atoms with van der Waals surface area (Å²) in [6, 6.07) is 0. The molecule has 0 aliphatic rings. The Hall–Kier alpha value is -1.93. The van der Waals surface area contributed by atoms with Crippen molar-refractivity contribution in [1.29, 1.82) is 0 Å². The quantitative estimate of drug-likeness (QED) is 0.482. The molecule has 0 aliphatic heterocycles. The molecular formula is C10H13N4O5P. The van der Waals surface area contributed by atoms with Crippen molar-refractivity contribution in [3.8, 4) is 5.88 Å². The standard InChI is InChI=1S/C10H13N4O5P/c15-10-9-8(13-6-14-10)7(5-12-9)4-11-2-1-3-19-20(16,17)18/h1-2,5-6,11-12H,3-4H2,(H,13,14,15)(H2,16,17,18). The van der Waals surface area contributed by atoms with Crippen LogP contribution in [0.2, 0.25) is 0 Å². The molecule has 20 heavy (non-hydrogen) atoms. The summed E-state index contributed by atoms with van der Waals surface area (Å²) in [7, 11) is -4.43. The summed E-state index contributed by atoms with van der Waals surface area (Å²) in [4.78, 5) is 27.5. The highest BCUT2D eigenvalue weighted by atomic mass is 31.2. The number of hydrogen-bond acceptors (Lipinski definition) is 6. The molecule has 0 fully saturated rings. The Balaban J connectivity index is 1.89. The van der Waals surface area contributed by atoms with Crippen molar-refractivity contribution in [3.63, 3.8) is 0 Å². The summed E-state index contributed by atoms with van der Waals surface area (Å²) in [6.45, 7) is 0.219. The van der Waals surface area contributed by atoms with Gasteiger partial charge in [0.05, 0.1) is 6.61 Å². The summed E-state index contributed by atoms with van der Waals surface area (Å²) in [6.07, 6.45) is 5.89. The van der Waals surface area contributed by atoms with E-state index in [0.717, 1.165) is 5.56 Å². The molecule has 9 nitrogen and oxygen atoms in total. The molecule has 0 aromatic carbocycles. The first kappa shape index (κ1) is 14.5. The number of aromatic hydroxyl groups is 1. The minimum atomic E-state index is -4.43. The van der Waals surface area contributed by atoms with Gasteiger partial charge in [-0.1, -0.05) is 0 Å². The van der Waals surface area contributed by atoms with E-state index in [4.69, 9.17) is 9.79 Å². The number of rotatable bonds is 6. The van der Waals surface area contributed by atoms with Gasteiger partial charge in [-0.3, -0.25) is 4.52 Å². The van der Waals surface area contributed by atoms with E-state index >= 15 is 0 Å². The van der Waals surface area contributed by atoms with E-state index in [1.54, 1.807) is 6.20 Å². The summed E-state index contributed by atoms with van der Waals surface area (Å²) >= 11 is 0. The second-order valence-electron chi connectivity index (χ2n) is 3.80. The first-order chi connectivity index (χ1) is 9.47. The number of nitrogens with zero attached hydrogens (tertiary/aromatic N) is 2. The zero-order valence-corrected chi connectivity index (χ0v) is 11.1. The molecule has 0 amide bonds. The zero-order chi connectivity index (χ0) is 14.6. The van der Waals surface area contributed by atoms with Gasteiger partial charge in [-0.05, 0) is 12.3 Å². The van der Waals surface area contributed by atoms with Gasteiger partial charge < -0.3 is 25.2 Å². The smallest absolute Gasteiger partial charge is 0.469 e. The molecule has 2 aromatic rings. The zero-order valence-electron chi connectivity index (χ0n) is 10.2. The predicted molar refractivity (Wildman–Crippen MR) is 69.5 cm³/mol. The van der Waals surface area contributed by atoms with Crippen molar-refractivity contribution in [2.24, 2.45) is 0 Å². The molecule has 0 saturated heterocycles. The number of nitrogens with one attached hydrogen (secondary N) is 2. The van der Waals surface area contributed by atoms with Gasteiger partial charge >= 0.3 is 7.82 Å². The van der Waals surface area contributed by atoms with Crippen LogP contribution >= 0.6 is 7.82 Å². The Bertz CT molecular complexity index is 665. The van der Waals surface area contributed by atoms with Crippen molar-refractivity contribution in [1.82, 2.24) is 20.3 Å². The predicted octanol–water partition coefficient (Wildman–Crippen LogP) is 0.376. The lowest BCUT2D eigenvalue weighted by Crippen LogP contribution is -2.04. The molecule has 0 radical (unpaired) electrons. The monoisotopic (exact) mass is 300 g/mol. The maximum atomic E-state index is 10.4. The number of phosphoric acid groups is 1. The van der Waals surface area contributed by atoms with E-state index in [2.05, 4.69) is 24.8 Å². The van der Waals surface area contributed by atoms with Crippen molar-refractivity contribution in [3.05, 3.63) is 30.4 Å². The first-order valence-electron chi connectivity index (χ1n) is 5.56. The van der Waals surface area contributed by atoms with E-state index in [9.17, 15) is 9.67 Å². The van der Waals surface area contributed by atoms with Crippen LogP contribution in [0.15, 0.2) is 24.8 Å². The Labute approximate surface area is 113 Å². The molecule has 108 valence electrons. The minimum Gasteiger partial charge on any atom is -0.492 e. The minimum absolute atomic E-state index is 0.119. The molecule has 0 atom stereocenters. The first-order valence-corrected chi connectivity index (χ1v) is 7.09. The van der Waals surface area contributed by atoms with E-state index in [1.807, 2.05) is 0 Å². The van der Waals surface area contributed by atoms with Gasteiger partial charge in [-0.15, -0.1) is 0 Å². The van der Waals surface area contributed by atoms with E-state index < -0.39 is 7.82 Å². The molecule has 0 aliphatic carbocycles. The van der Waals surface area contributed by atoms with Crippen LogP contribution < -0.4 is 5.32 Å². The van der Waals surface area contributed by atoms with Gasteiger partial charge in [0.2, 0.25) is 5.88 Å². The van der Waals surface area contributed by atoms with Crippen molar-refractivity contribution in [2.45, 2.75) is 6.54 Å². The number of aromatic nitrogens is 3. The third kappa shape index (κ3) is 3.78. The lowest BCUT2D eigenvalue weighted by molar-refractivity contribution is 0.215. The van der Waals surface area contributed by atoms with Gasteiger partial charge in [0.1, 0.15) is 17.4 Å². The molecule has 10 heteroatoms. The fraction of sp³-hybridized carbons (Fsp3) is 0.200. The number of fused-ring (bicyclic) bond motifs is 1. The van der Waals surface area contributed by atoms with Crippen molar-refractivity contribution in [2.75, 3.05) is 6.61 Å². The van der Waals surface area contributed by atoms with Crippen LogP contribution in [0.4, 0.5) is 0 Å². The highest BCUT2D eigenvalue weighted by Gasteiger charge is 2.11. The molecule has 0 saturated carbocycles. The number of H-pyrrole nitrogens is 1.